The van der Waals surface area contributed by atoms with E-state index < -0.39 is 0 Å². The van der Waals surface area contributed by atoms with Crippen molar-refractivity contribution >= 4 is 40.2 Å². The number of aromatic nitrogens is 5. The molecule has 0 saturated heterocycles. The molecule has 3 aromatic heterocycles. The van der Waals surface area contributed by atoms with Crippen LogP contribution in [0.5, 0.6) is 0 Å². The first-order chi connectivity index (χ1) is 13.3. The van der Waals surface area contributed by atoms with Gasteiger partial charge in [0, 0.05) is 18.1 Å². The Hall–Kier alpha value is -2.83. The molecular formula is C21H21ClN6. The average Bonchev–Trinajstić information content (AvgIpc) is 3.16. The number of imidazole rings is 1. The van der Waals surface area contributed by atoms with E-state index in [1.54, 1.807) is 0 Å². The van der Waals surface area contributed by atoms with Gasteiger partial charge in [-0.15, -0.1) is 12.4 Å². The quantitative estimate of drug-likeness (QED) is 0.574. The molecule has 28 heavy (non-hydrogen) atoms. The molecule has 4 aromatic rings. The number of nitrogens with zero attached hydrogens (tertiary/aromatic N) is 5. The maximum Gasteiger partial charge on any atom is 0.197 e. The van der Waals surface area contributed by atoms with E-state index in [0.717, 1.165) is 41.8 Å². The van der Waals surface area contributed by atoms with Crippen LogP contribution in [0.15, 0.2) is 55.1 Å². The van der Waals surface area contributed by atoms with Gasteiger partial charge in [-0.05, 0) is 49.2 Å². The van der Waals surface area contributed by atoms with E-state index in [0.29, 0.717) is 5.65 Å². The van der Waals surface area contributed by atoms with Crippen molar-refractivity contribution in [3.63, 3.8) is 0 Å². The summed E-state index contributed by atoms with van der Waals surface area (Å²) in [6.45, 7) is 4.03. The molecule has 4 heterocycles. The zero-order valence-electron chi connectivity index (χ0n) is 15.5. The third kappa shape index (κ3) is 3.25. The van der Waals surface area contributed by atoms with Gasteiger partial charge in [0.15, 0.2) is 11.3 Å². The summed E-state index contributed by atoms with van der Waals surface area (Å²) in [5, 5.41) is 4.47. The van der Waals surface area contributed by atoms with Crippen molar-refractivity contribution in [3.05, 3.63) is 66.4 Å². The molecule has 5 rings (SSSR count). The first-order valence-corrected chi connectivity index (χ1v) is 9.24. The largest absolute Gasteiger partial charge is 0.313 e. The molecule has 1 aromatic carbocycles. The van der Waals surface area contributed by atoms with E-state index in [1.807, 2.05) is 24.8 Å². The normalized spacial score (nSPS) is 15.2. The molecule has 0 fully saturated rings. The van der Waals surface area contributed by atoms with E-state index in [4.69, 9.17) is 4.98 Å². The highest BCUT2D eigenvalue weighted by Crippen LogP contribution is 2.26. The molecule has 142 valence electrons. The number of hydrogen-bond donors (Lipinski definition) is 1. The van der Waals surface area contributed by atoms with E-state index in [9.17, 15) is 0 Å². The zero-order chi connectivity index (χ0) is 18.2. The fourth-order valence-electron chi connectivity index (χ4n) is 3.62. The van der Waals surface area contributed by atoms with Gasteiger partial charge in [-0.2, -0.15) is 0 Å². The molecule has 6 nitrogen and oxygen atoms in total. The second kappa shape index (κ2) is 7.66. The number of fused-ring (bicyclic) bond motifs is 2. The molecule has 0 radical (unpaired) electrons. The molecule has 7 heteroatoms. The Morgan fingerprint density at radius 2 is 2.07 bits per heavy atom. The number of nitrogens with one attached hydrogen (secondary N) is 1. The molecule has 1 aliphatic heterocycles. The molecule has 0 aliphatic carbocycles. The van der Waals surface area contributed by atoms with Gasteiger partial charge >= 0.3 is 0 Å². The lowest BCUT2D eigenvalue weighted by molar-refractivity contribution is 0.652. The lowest BCUT2D eigenvalue weighted by Crippen LogP contribution is -2.20. The van der Waals surface area contributed by atoms with Gasteiger partial charge in [-0.1, -0.05) is 18.2 Å². The highest BCUT2D eigenvalue weighted by Gasteiger charge is 2.16. The van der Waals surface area contributed by atoms with E-state index in [1.165, 1.54) is 11.1 Å². The Morgan fingerprint density at radius 3 is 2.93 bits per heavy atom. The molecule has 0 saturated carbocycles. The number of rotatable bonds is 3. The molecule has 0 amide bonds. The van der Waals surface area contributed by atoms with Crippen LogP contribution in [0.4, 0.5) is 0 Å². The van der Waals surface area contributed by atoms with Crippen LogP contribution in [-0.4, -0.2) is 37.6 Å². The van der Waals surface area contributed by atoms with Crippen LogP contribution in [0.3, 0.4) is 0 Å². The lowest BCUT2D eigenvalue weighted by Gasteiger charge is -2.16. The second-order valence-electron chi connectivity index (χ2n) is 6.87. The van der Waals surface area contributed by atoms with Crippen LogP contribution in [0.25, 0.3) is 27.8 Å². The van der Waals surface area contributed by atoms with Crippen LogP contribution in [0, 0.1) is 0 Å². The summed E-state index contributed by atoms with van der Waals surface area (Å²) in [6.07, 6.45) is 8.66. The van der Waals surface area contributed by atoms with Crippen molar-refractivity contribution in [1.82, 2.24) is 29.8 Å². The highest BCUT2D eigenvalue weighted by molar-refractivity contribution is 5.85. The Kier molecular flexibility index (Phi) is 5.07. The first kappa shape index (κ1) is 18.5. The van der Waals surface area contributed by atoms with Gasteiger partial charge in [0.05, 0.1) is 29.8 Å². The fourth-order valence-corrected chi connectivity index (χ4v) is 3.62. The third-order valence-corrected chi connectivity index (χ3v) is 5.20. The van der Waals surface area contributed by atoms with Gasteiger partial charge in [-0.25, -0.2) is 15.0 Å². The summed E-state index contributed by atoms with van der Waals surface area (Å²) >= 11 is 0. The highest BCUT2D eigenvalue weighted by atomic mass is 35.5. The maximum atomic E-state index is 4.90. The van der Waals surface area contributed by atoms with Crippen molar-refractivity contribution in [2.24, 2.45) is 0 Å². The van der Waals surface area contributed by atoms with Crippen molar-refractivity contribution in [2.75, 3.05) is 13.1 Å². The van der Waals surface area contributed by atoms with Crippen molar-refractivity contribution in [3.8, 4) is 0 Å². The van der Waals surface area contributed by atoms with E-state index in [-0.39, 0.29) is 18.4 Å². The SMILES string of the molecule is CC(c1ccc2ncccc2c1)n1cnc2ncc(C3=CCNCC3)nc21.Cl. The van der Waals surface area contributed by atoms with Gasteiger partial charge in [0.1, 0.15) is 0 Å². The minimum absolute atomic E-state index is 0. The van der Waals surface area contributed by atoms with Gasteiger partial charge in [0.2, 0.25) is 0 Å². The molecule has 0 spiro atoms. The summed E-state index contributed by atoms with van der Waals surface area (Å²) in [7, 11) is 0. The molecule has 1 aliphatic rings. The Balaban J connectivity index is 0.00000192. The molecule has 1 N–H and O–H groups in total. The summed E-state index contributed by atoms with van der Waals surface area (Å²) in [5.74, 6) is 0. The lowest BCUT2D eigenvalue weighted by atomic mass is 10.1. The van der Waals surface area contributed by atoms with Crippen LogP contribution in [0.1, 0.15) is 30.6 Å². The van der Waals surface area contributed by atoms with Gasteiger partial charge in [0.25, 0.3) is 0 Å². The van der Waals surface area contributed by atoms with Crippen LogP contribution < -0.4 is 5.32 Å². The van der Waals surface area contributed by atoms with Gasteiger partial charge < -0.3 is 9.88 Å². The summed E-state index contributed by atoms with van der Waals surface area (Å²) in [4.78, 5) is 18.3. The maximum absolute atomic E-state index is 4.90. The van der Waals surface area contributed by atoms with Crippen LogP contribution in [0.2, 0.25) is 0 Å². The Bertz CT molecular complexity index is 1170. The van der Waals surface area contributed by atoms with Crippen molar-refractivity contribution in [1.29, 1.82) is 0 Å². The molecule has 0 bridgehead atoms. The Morgan fingerprint density at radius 1 is 1.14 bits per heavy atom. The molecule has 1 unspecified atom stereocenters. The minimum atomic E-state index is 0. The second-order valence-corrected chi connectivity index (χ2v) is 6.87. The van der Waals surface area contributed by atoms with Crippen LogP contribution in [-0.2, 0) is 0 Å². The standard InChI is InChI=1S/C21H20N6.ClH/c1-14(16-4-5-18-17(11-16)3-2-8-23-18)27-13-25-20-21(27)26-19(12-24-20)15-6-9-22-10-7-15;/h2-6,8,11-14,22H,7,9-10H2,1H3;1H. The summed E-state index contributed by atoms with van der Waals surface area (Å²) in [5.41, 5.74) is 5.90. The smallest absolute Gasteiger partial charge is 0.197 e. The fraction of sp³-hybridized carbons (Fsp3) is 0.238. The Labute approximate surface area is 169 Å². The van der Waals surface area contributed by atoms with E-state index >= 15 is 0 Å². The minimum Gasteiger partial charge on any atom is -0.313 e. The average molecular weight is 393 g/mol. The number of hydrogen-bond acceptors (Lipinski definition) is 5. The van der Waals surface area contributed by atoms with Gasteiger partial charge in [-0.3, -0.25) is 4.98 Å². The summed E-state index contributed by atoms with van der Waals surface area (Å²) in [6, 6.07) is 10.5. The predicted molar refractivity (Wildman–Crippen MR) is 114 cm³/mol. The molecule has 1 atom stereocenters. The number of pyridine rings is 1. The third-order valence-electron chi connectivity index (χ3n) is 5.20. The number of halogens is 1. The molecular weight excluding hydrogens is 372 g/mol. The first-order valence-electron chi connectivity index (χ1n) is 9.24. The number of benzene rings is 1. The van der Waals surface area contributed by atoms with Crippen LogP contribution >= 0.6 is 12.4 Å². The van der Waals surface area contributed by atoms with E-state index in [2.05, 4.69) is 62.1 Å². The zero-order valence-corrected chi connectivity index (χ0v) is 16.4. The summed E-state index contributed by atoms with van der Waals surface area (Å²) < 4.78 is 2.10. The predicted octanol–water partition coefficient (Wildman–Crippen LogP) is 3.78. The monoisotopic (exact) mass is 392 g/mol. The van der Waals surface area contributed by atoms with Crippen molar-refractivity contribution < 1.29 is 0 Å². The topological polar surface area (TPSA) is 68.5 Å². The van der Waals surface area contributed by atoms with Crippen molar-refractivity contribution in [2.45, 2.75) is 19.4 Å².